The summed E-state index contributed by atoms with van der Waals surface area (Å²) in [5.41, 5.74) is 0.291. The van der Waals surface area contributed by atoms with Gasteiger partial charge in [0.1, 0.15) is 0 Å². The summed E-state index contributed by atoms with van der Waals surface area (Å²) in [6.45, 7) is 10.3. The van der Waals surface area contributed by atoms with Gasteiger partial charge in [-0.15, -0.1) is 0 Å². The van der Waals surface area contributed by atoms with E-state index in [0.717, 1.165) is 11.8 Å². The first kappa shape index (κ1) is 13.0. The smallest absolute Gasteiger partial charge is 0.00965 e. The molecule has 2 atom stereocenters. The molecular weight excluding hydrogens is 182 g/mol. The Morgan fingerprint density at radius 1 is 1.13 bits per heavy atom. The molecule has 0 saturated heterocycles. The number of hydrogen-bond donors (Lipinski definition) is 1. The van der Waals surface area contributed by atoms with E-state index in [1.54, 1.807) is 0 Å². The molecule has 0 aromatic heterocycles. The summed E-state index contributed by atoms with van der Waals surface area (Å²) in [5.74, 6) is 2.02. The number of nitrogens with one attached hydrogen (secondary N) is 1. The van der Waals surface area contributed by atoms with Crippen LogP contribution in [0.5, 0.6) is 0 Å². The lowest BCUT2D eigenvalue weighted by Crippen LogP contribution is -2.37. The van der Waals surface area contributed by atoms with Crippen molar-refractivity contribution >= 4 is 0 Å². The molecule has 0 spiro atoms. The maximum absolute atomic E-state index is 3.60. The summed E-state index contributed by atoms with van der Waals surface area (Å²) < 4.78 is 0. The molecule has 0 radical (unpaired) electrons. The van der Waals surface area contributed by atoms with E-state index >= 15 is 0 Å². The van der Waals surface area contributed by atoms with Gasteiger partial charge in [0.2, 0.25) is 0 Å². The largest absolute Gasteiger partial charge is 0.312 e. The maximum Gasteiger partial charge on any atom is 0.00965 e. The van der Waals surface area contributed by atoms with Gasteiger partial charge in [-0.25, -0.2) is 0 Å². The summed E-state index contributed by atoms with van der Waals surface area (Å²) >= 11 is 0. The van der Waals surface area contributed by atoms with E-state index in [-0.39, 0.29) is 0 Å². The van der Waals surface area contributed by atoms with Gasteiger partial charge in [-0.1, -0.05) is 32.6 Å². The summed E-state index contributed by atoms with van der Waals surface area (Å²) in [6.07, 6.45) is 8.69. The van der Waals surface area contributed by atoms with Crippen LogP contribution in [0.4, 0.5) is 0 Å². The van der Waals surface area contributed by atoms with E-state index in [4.69, 9.17) is 0 Å². The van der Waals surface area contributed by atoms with Gasteiger partial charge in [0.05, 0.1) is 0 Å². The molecule has 0 amide bonds. The highest BCUT2D eigenvalue weighted by Crippen LogP contribution is 2.32. The average molecular weight is 211 g/mol. The predicted octanol–water partition coefficient (Wildman–Crippen LogP) is 3.98. The second-order valence-electron chi connectivity index (χ2n) is 6.27. The molecule has 1 heteroatoms. The minimum atomic E-state index is 0.291. The van der Waals surface area contributed by atoms with Crippen molar-refractivity contribution < 1.29 is 0 Å². The van der Waals surface area contributed by atoms with E-state index < -0.39 is 0 Å². The van der Waals surface area contributed by atoms with Crippen molar-refractivity contribution in [1.29, 1.82) is 0 Å². The zero-order chi connectivity index (χ0) is 11.3. The molecule has 2 unspecified atom stereocenters. The molecule has 0 aromatic carbocycles. The molecule has 1 N–H and O–H groups in total. The van der Waals surface area contributed by atoms with Gasteiger partial charge in [-0.05, 0) is 52.0 Å². The fraction of sp³-hybridized carbons (Fsp3) is 1.00. The van der Waals surface area contributed by atoms with E-state index in [1.807, 2.05) is 0 Å². The van der Waals surface area contributed by atoms with Gasteiger partial charge < -0.3 is 5.32 Å². The molecule has 1 rings (SSSR count). The van der Waals surface area contributed by atoms with Crippen LogP contribution in [0, 0.1) is 11.8 Å². The molecule has 0 heterocycles. The number of hydrogen-bond acceptors (Lipinski definition) is 1. The van der Waals surface area contributed by atoms with E-state index in [9.17, 15) is 0 Å². The summed E-state index contributed by atoms with van der Waals surface area (Å²) in [7, 11) is 0. The van der Waals surface area contributed by atoms with Crippen LogP contribution in [0.2, 0.25) is 0 Å². The standard InChI is InChI=1S/C14H29N/c1-5-12-7-6-8-13(11-12)9-10-15-14(2,3)4/h12-13,15H,5-11H2,1-4H3. The molecule has 15 heavy (non-hydrogen) atoms. The summed E-state index contributed by atoms with van der Waals surface area (Å²) in [6, 6.07) is 0. The topological polar surface area (TPSA) is 12.0 Å². The molecule has 0 aliphatic heterocycles. The average Bonchev–Trinajstić information content (AvgIpc) is 2.16. The van der Waals surface area contributed by atoms with Crippen molar-refractivity contribution in [2.24, 2.45) is 11.8 Å². The van der Waals surface area contributed by atoms with Crippen LogP contribution in [0.1, 0.15) is 66.2 Å². The van der Waals surface area contributed by atoms with Crippen molar-refractivity contribution in [2.75, 3.05) is 6.54 Å². The minimum Gasteiger partial charge on any atom is -0.312 e. The molecule has 0 bridgehead atoms. The molecule has 1 fully saturated rings. The van der Waals surface area contributed by atoms with Gasteiger partial charge in [-0.2, -0.15) is 0 Å². The first-order valence-electron chi connectivity index (χ1n) is 6.76. The van der Waals surface area contributed by atoms with Gasteiger partial charge in [0, 0.05) is 5.54 Å². The van der Waals surface area contributed by atoms with Crippen LogP contribution < -0.4 is 5.32 Å². The Balaban J connectivity index is 2.15. The van der Waals surface area contributed by atoms with E-state index in [0.29, 0.717) is 5.54 Å². The van der Waals surface area contributed by atoms with Crippen LogP contribution in [0.3, 0.4) is 0 Å². The third-order valence-electron chi connectivity index (χ3n) is 3.68. The second kappa shape index (κ2) is 5.89. The number of rotatable bonds is 4. The molecule has 1 aliphatic rings. The lowest BCUT2D eigenvalue weighted by molar-refractivity contribution is 0.242. The van der Waals surface area contributed by atoms with E-state index in [1.165, 1.54) is 45.1 Å². The zero-order valence-corrected chi connectivity index (χ0v) is 11.1. The minimum absolute atomic E-state index is 0.291. The van der Waals surface area contributed by atoms with E-state index in [2.05, 4.69) is 33.0 Å². The first-order valence-corrected chi connectivity index (χ1v) is 6.76. The highest BCUT2D eigenvalue weighted by atomic mass is 14.9. The molecular formula is C14H29N. The van der Waals surface area contributed by atoms with Crippen LogP contribution in [0.15, 0.2) is 0 Å². The van der Waals surface area contributed by atoms with Gasteiger partial charge in [0.25, 0.3) is 0 Å². The van der Waals surface area contributed by atoms with Crippen LogP contribution in [-0.4, -0.2) is 12.1 Å². The van der Waals surface area contributed by atoms with Crippen molar-refractivity contribution in [3.05, 3.63) is 0 Å². The molecule has 0 aromatic rings. The highest BCUT2D eigenvalue weighted by Gasteiger charge is 2.20. The van der Waals surface area contributed by atoms with Gasteiger partial charge in [0.15, 0.2) is 0 Å². The Bertz CT molecular complexity index is 169. The highest BCUT2D eigenvalue weighted by molar-refractivity contribution is 4.75. The first-order chi connectivity index (χ1) is 7.01. The van der Waals surface area contributed by atoms with Crippen LogP contribution in [0.25, 0.3) is 0 Å². The van der Waals surface area contributed by atoms with Crippen molar-refractivity contribution in [3.8, 4) is 0 Å². The Morgan fingerprint density at radius 2 is 1.80 bits per heavy atom. The van der Waals surface area contributed by atoms with Gasteiger partial charge >= 0.3 is 0 Å². The Hall–Kier alpha value is -0.0400. The third-order valence-corrected chi connectivity index (χ3v) is 3.68. The predicted molar refractivity (Wildman–Crippen MR) is 68.1 cm³/mol. The Morgan fingerprint density at radius 3 is 2.40 bits per heavy atom. The van der Waals surface area contributed by atoms with Crippen LogP contribution >= 0.6 is 0 Å². The SMILES string of the molecule is CCC1CCCC(CCNC(C)(C)C)C1. The molecule has 1 saturated carbocycles. The molecule has 90 valence electrons. The molecule has 1 nitrogen and oxygen atoms in total. The van der Waals surface area contributed by atoms with Crippen molar-refractivity contribution in [2.45, 2.75) is 71.8 Å². The summed E-state index contributed by atoms with van der Waals surface area (Å²) in [4.78, 5) is 0. The maximum atomic E-state index is 3.60. The molecule has 1 aliphatic carbocycles. The van der Waals surface area contributed by atoms with Crippen molar-refractivity contribution in [3.63, 3.8) is 0 Å². The monoisotopic (exact) mass is 211 g/mol. The zero-order valence-electron chi connectivity index (χ0n) is 11.1. The fourth-order valence-electron chi connectivity index (χ4n) is 2.69. The fourth-order valence-corrected chi connectivity index (χ4v) is 2.69. The normalized spacial score (nSPS) is 28.0. The van der Waals surface area contributed by atoms with Crippen molar-refractivity contribution in [1.82, 2.24) is 5.32 Å². The summed E-state index contributed by atoms with van der Waals surface area (Å²) in [5, 5.41) is 3.60. The quantitative estimate of drug-likeness (QED) is 0.741. The Labute approximate surface area is 96.0 Å². The lowest BCUT2D eigenvalue weighted by atomic mass is 9.79. The third kappa shape index (κ3) is 5.55. The van der Waals surface area contributed by atoms with Crippen LogP contribution in [-0.2, 0) is 0 Å². The second-order valence-corrected chi connectivity index (χ2v) is 6.27. The van der Waals surface area contributed by atoms with Gasteiger partial charge in [-0.3, -0.25) is 0 Å². The Kier molecular flexibility index (Phi) is 5.11. The lowest BCUT2D eigenvalue weighted by Gasteiger charge is -2.29.